The summed E-state index contributed by atoms with van der Waals surface area (Å²) in [6.07, 6.45) is 3.77. The number of fused-ring (bicyclic) bond motifs is 2. The minimum Gasteiger partial charge on any atom is -0.504 e. The Morgan fingerprint density at radius 1 is 1.21 bits per heavy atom. The molecule has 1 aromatic rings. The van der Waals surface area contributed by atoms with Gasteiger partial charge in [0.2, 0.25) is 5.91 Å². The van der Waals surface area contributed by atoms with Gasteiger partial charge < -0.3 is 25.2 Å². The Hall–Kier alpha value is -2.82. The highest BCUT2D eigenvalue weighted by atomic mass is 32.2. The van der Waals surface area contributed by atoms with Gasteiger partial charge in [-0.2, -0.15) is 0 Å². The summed E-state index contributed by atoms with van der Waals surface area (Å²) in [5, 5.41) is 22.0. The largest absolute Gasteiger partial charge is 0.504 e. The van der Waals surface area contributed by atoms with Crippen LogP contribution < -0.4 is 5.32 Å². The van der Waals surface area contributed by atoms with E-state index in [0.29, 0.717) is 25.3 Å². The number of amides is 2. The number of hydrogen-bond acceptors (Lipinski definition) is 8. The summed E-state index contributed by atoms with van der Waals surface area (Å²) >= 11 is 0. The number of hydrogen-bond donors (Lipinski definition) is 4. The lowest BCUT2D eigenvalue weighted by atomic mass is 9.70. The van der Waals surface area contributed by atoms with Crippen LogP contribution in [0.4, 0.5) is 0 Å². The zero-order chi connectivity index (χ0) is 28.8. The molecule has 11 heteroatoms. The van der Waals surface area contributed by atoms with Crippen LogP contribution in [-0.2, 0) is 24.1 Å². The number of nitrogens with one attached hydrogen (secondary N) is 2. The van der Waals surface area contributed by atoms with Gasteiger partial charge >= 0.3 is 5.97 Å². The number of carbonyl (C=O) groups is 3. The molecule has 39 heavy (non-hydrogen) atoms. The van der Waals surface area contributed by atoms with E-state index in [1.54, 1.807) is 6.92 Å². The van der Waals surface area contributed by atoms with Crippen LogP contribution in [0.1, 0.15) is 76.6 Å². The highest BCUT2D eigenvalue weighted by molar-refractivity contribution is 7.92. The van der Waals surface area contributed by atoms with Crippen molar-refractivity contribution in [1.29, 1.82) is 4.78 Å². The third-order valence-electron chi connectivity index (χ3n) is 9.82. The van der Waals surface area contributed by atoms with Crippen molar-refractivity contribution in [3.8, 4) is 11.5 Å². The third-order valence-corrected chi connectivity index (χ3v) is 11.7. The molecule has 4 rings (SSSR count). The smallest absolute Gasteiger partial charge is 0.329 e. The van der Waals surface area contributed by atoms with Crippen LogP contribution >= 0.6 is 0 Å². The molecule has 0 radical (unpaired) electrons. The molecule has 10 nitrogen and oxygen atoms in total. The lowest BCUT2D eigenvalue weighted by molar-refractivity contribution is -0.165. The van der Waals surface area contributed by atoms with Gasteiger partial charge in [0.1, 0.15) is 18.2 Å². The second-order valence-electron chi connectivity index (χ2n) is 12.0. The van der Waals surface area contributed by atoms with E-state index in [0.717, 1.165) is 25.3 Å². The Balaban J connectivity index is 1.50. The summed E-state index contributed by atoms with van der Waals surface area (Å²) in [5.74, 6) is -1.94. The number of phenolic OH excluding ortho intramolecular Hbond substituents is 2. The number of esters is 1. The minimum absolute atomic E-state index is 0.0229. The van der Waals surface area contributed by atoms with Gasteiger partial charge in [-0.25, -0.2) is 9.00 Å². The SMILES string of the molecule is CCS(=N)(=O)CCC(NC(=O)c1ccc(O)c(O)c1)C(=O)N1CCCC1C(=O)OC1CC2CCC1(C)C2(C)C. The number of benzene rings is 1. The second kappa shape index (κ2) is 10.6. The van der Waals surface area contributed by atoms with E-state index in [2.05, 4.69) is 26.1 Å². The van der Waals surface area contributed by atoms with Crippen molar-refractivity contribution in [2.24, 2.45) is 16.7 Å². The van der Waals surface area contributed by atoms with E-state index in [-0.39, 0.29) is 46.2 Å². The molecular formula is C28H41N3O7S. The summed E-state index contributed by atoms with van der Waals surface area (Å²) in [4.78, 5) is 41.6. The van der Waals surface area contributed by atoms with Crippen LogP contribution in [0.3, 0.4) is 0 Å². The van der Waals surface area contributed by atoms with Gasteiger partial charge in [0.15, 0.2) is 11.5 Å². The van der Waals surface area contributed by atoms with Crippen molar-refractivity contribution in [2.75, 3.05) is 18.1 Å². The van der Waals surface area contributed by atoms with Crippen molar-refractivity contribution in [3.63, 3.8) is 0 Å². The van der Waals surface area contributed by atoms with E-state index in [9.17, 15) is 28.8 Å². The molecule has 6 unspecified atom stereocenters. The average molecular weight is 564 g/mol. The average Bonchev–Trinajstić information content (AvgIpc) is 3.51. The maximum absolute atomic E-state index is 13.7. The first-order chi connectivity index (χ1) is 18.2. The molecule has 2 bridgehead atoms. The number of rotatable bonds is 9. The molecule has 1 aliphatic heterocycles. The lowest BCUT2D eigenvalue weighted by Crippen LogP contribution is -2.53. The van der Waals surface area contributed by atoms with Crippen LogP contribution in [0, 0.1) is 21.5 Å². The van der Waals surface area contributed by atoms with Crippen LogP contribution in [0.15, 0.2) is 18.2 Å². The lowest BCUT2D eigenvalue weighted by Gasteiger charge is -2.39. The number of aromatic hydroxyl groups is 2. The first kappa shape index (κ1) is 29.2. The molecule has 4 N–H and O–H groups in total. The molecule has 0 spiro atoms. The van der Waals surface area contributed by atoms with Crippen LogP contribution in [0.2, 0.25) is 0 Å². The van der Waals surface area contributed by atoms with Gasteiger partial charge in [-0.3, -0.25) is 14.4 Å². The predicted molar refractivity (Wildman–Crippen MR) is 146 cm³/mol. The standard InChI is InChI=1S/C28H41N3O7S/c1-5-39(29,37)14-11-19(30-24(34)17-8-9-21(32)22(33)15-17)25(35)31-13-6-7-20(31)26(36)38-23-16-18-10-12-28(23,4)27(18,2)3/h8-9,15,18-20,23,29,32-33H,5-7,10-14,16H2,1-4H3,(H,30,34). The molecule has 1 aromatic carbocycles. The molecule has 1 heterocycles. The number of carbonyl (C=O) groups excluding carboxylic acids is 3. The second-order valence-corrected chi connectivity index (χ2v) is 14.7. The maximum Gasteiger partial charge on any atom is 0.329 e. The predicted octanol–water partition coefficient (Wildman–Crippen LogP) is 3.40. The molecular weight excluding hydrogens is 522 g/mol. The molecule has 6 atom stereocenters. The van der Waals surface area contributed by atoms with Crippen molar-refractivity contribution in [3.05, 3.63) is 23.8 Å². The number of phenols is 2. The molecule has 2 amide bonds. The maximum atomic E-state index is 13.7. The topological polar surface area (TPSA) is 157 Å². The number of nitrogens with zero attached hydrogens (tertiary/aromatic N) is 1. The summed E-state index contributed by atoms with van der Waals surface area (Å²) in [6, 6.07) is 1.65. The Morgan fingerprint density at radius 2 is 1.92 bits per heavy atom. The fraction of sp³-hybridized carbons (Fsp3) is 0.679. The van der Waals surface area contributed by atoms with E-state index < -0.39 is 45.3 Å². The zero-order valence-electron chi connectivity index (χ0n) is 23.2. The highest BCUT2D eigenvalue weighted by Gasteiger charge is 2.63. The van der Waals surface area contributed by atoms with Gasteiger partial charge in [0.05, 0.1) is 0 Å². The summed E-state index contributed by atoms with van der Waals surface area (Å²) in [6.45, 7) is 8.63. The molecule has 1 saturated heterocycles. The Bertz CT molecular complexity index is 1250. The van der Waals surface area contributed by atoms with E-state index in [1.165, 1.54) is 17.0 Å². The first-order valence-corrected chi connectivity index (χ1v) is 15.7. The third kappa shape index (κ3) is 5.47. The Morgan fingerprint density at radius 3 is 2.51 bits per heavy atom. The van der Waals surface area contributed by atoms with Gasteiger partial charge in [-0.05, 0) is 68.1 Å². The van der Waals surface area contributed by atoms with Gasteiger partial charge in [0, 0.05) is 38.8 Å². The molecule has 3 aliphatic rings. The molecule has 216 valence electrons. The molecule has 2 aliphatic carbocycles. The van der Waals surface area contributed by atoms with Crippen molar-refractivity contribution < 1.29 is 33.5 Å². The summed E-state index contributed by atoms with van der Waals surface area (Å²) in [7, 11) is -2.94. The van der Waals surface area contributed by atoms with E-state index in [4.69, 9.17) is 9.52 Å². The zero-order valence-corrected chi connectivity index (χ0v) is 24.0. The fourth-order valence-electron chi connectivity index (χ4n) is 6.62. The molecule has 0 aromatic heterocycles. The molecule has 3 fully saturated rings. The highest BCUT2D eigenvalue weighted by Crippen LogP contribution is 2.66. The Labute approximate surface area is 230 Å². The number of ether oxygens (including phenoxy) is 1. The van der Waals surface area contributed by atoms with E-state index in [1.807, 2.05) is 0 Å². The quantitative estimate of drug-likeness (QED) is 0.265. The van der Waals surface area contributed by atoms with Crippen LogP contribution in [-0.4, -0.2) is 73.3 Å². The van der Waals surface area contributed by atoms with Gasteiger partial charge in [-0.15, -0.1) is 0 Å². The summed E-state index contributed by atoms with van der Waals surface area (Å²) in [5.41, 5.74) is -0.0135. The first-order valence-electron chi connectivity index (χ1n) is 13.8. The van der Waals surface area contributed by atoms with E-state index >= 15 is 0 Å². The molecule has 2 saturated carbocycles. The van der Waals surface area contributed by atoms with Crippen molar-refractivity contribution in [1.82, 2.24) is 10.2 Å². The van der Waals surface area contributed by atoms with Crippen LogP contribution in [0.5, 0.6) is 11.5 Å². The van der Waals surface area contributed by atoms with Crippen molar-refractivity contribution >= 4 is 27.5 Å². The summed E-state index contributed by atoms with van der Waals surface area (Å²) < 4.78 is 26.5. The normalized spacial score (nSPS) is 29.5. The number of likely N-dealkylation sites (tertiary alicyclic amines) is 1. The van der Waals surface area contributed by atoms with Gasteiger partial charge in [-0.1, -0.05) is 27.7 Å². The monoisotopic (exact) mass is 563 g/mol. The Kier molecular flexibility index (Phi) is 7.95. The van der Waals surface area contributed by atoms with Crippen molar-refractivity contribution in [2.45, 2.75) is 84.4 Å². The fourth-order valence-corrected chi connectivity index (χ4v) is 7.52. The van der Waals surface area contributed by atoms with Gasteiger partial charge in [0.25, 0.3) is 5.91 Å². The van der Waals surface area contributed by atoms with Crippen LogP contribution in [0.25, 0.3) is 0 Å². The minimum atomic E-state index is -2.94.